The number of rotatable bonds is 7. The topological polar surface area (TPSA) is 18.5 Å². The van der Waals surface area contributed by atoms with E-state index in [1.54, 1.807) is 0 Å². The Hall–Kier alpha value is -0.0500. The van der Waals surface area contributed by atoms with E-state index in [1.807, 2.05) is 13.8 Å². The quantitative estimate of drug-likeness (QED) is 0.500. The summed E-state index contributed by atoms with van der Waals surface area (Å²) >= 11 is 16.7. The predicted molar refractivity (Wildman–Crippen MR) is 65.2 cm³/mol. The van der Waals surface area contributed by atoms with Gasteiger partial charge in [0.1, 0.15) is 4.49 Å². The minimum atomic E-state index is -0.00522. The fourth-order valence-electron chi connectivity index (χ4n) is 0.688. The molecular formula is C10H15Cl3O2. The SMILES string of the molecule is CCCOC(=CC(Cl)=C(Cl)Cl)OCCC. The Morgan fingerprint density at radius 3 is 1.80 bits per heavy atom. The van der Waals surface area contributed by atoms with Crippen LogP contribution >= 0.6 is 34.8 Å². The standard InChI is InChI=1S/C10H15Cl3O2/c1-3-5-14-9(15-6-4-2)7-8(11)10(12)13/h7H,3-6H2,1-2H3. The van der Waals surface area contributed by atoms with Gasteiger partial charge in [-0.25, -0.2) is 0 Å². The molecule has 0 aromatic heterocycles. The molecule has 88 valence electrons. The first-order valence-electron chi connectivity index (χ1n) is 4.79. The van der Waals surface area contributed by atoms with Crippen LogP contribution < -0.4 is 0 Å². The third-order valence-electron chi connectivity index (χ3n) is 1.32. The molecule has 0 aliphatic rings. The lowest BCUT2D eigenvalue weighted by Crippen LogP contribution is -2.00. The number of halogens is 3. The van der Waals surface area contributed by atoms with Gasteiger partial charge in [-0.3, -0.25) is 0 Å². The molecule has 0 fully saturated rings. The van der Waals surface area contributed by atoms with Crippen molar-refractivity contribution in [2.75, 3.05) is 13.2 Å². The van der Waals surface area contributed by atoms with Crippen LogP contribution in [0.2, 0.25) is 0 Å². The molecule has 0 radical (unpaired) electrons. The minimum absolute atomic E-state index is 0.00522. The Labute approximate surface area is 106 Å². The number of hydrogen-bond donors (Lipinski definition) is 0. The van der Waals surface area contributed by atoms with E-state index in [-0.39, 0.29) is 9.52 Å². The molecule has 0 saturated carbocycles. The molecule has 0 atom stereocenters. The summed E-state index contributed by atoms with van der Waals surface area (Å²) in [5, 5.41) is 0.209. The van der Waals surface area contributed by atoms with E-state index in [9.17, 15) is 0 Å². The molecule has 2 nitrogen and oxygen atoms in total. The van der Waals surface area contributed by atoms with Crippen molar-refractivity contribution in [1.82, 2.24) is 0 Å². The summed E-state index contributed by atoms with van der Waals surface area (Å²) in [6.45, 7) is 5.14. The predicted octanol–water partition coefficient (Wildman–Crippen LogP) is 4.57. The van der Waals surface area contributed by atoms with E-state index in [0.29, 0.717) is 19.2 Å². The van der Waals surface area contributed by atoms with Crippen molar-refractivity contribution < 1.29 is 9.47 Å². The van der Waals surface area contributed by atoms with Crippen LogP contribution in [0.4, 0.5) is 0 Å². The second-order valence-electron chi connectivity index (χ2n) is 2.77. The van der Waals surface area contributed by atoms with Gasteiger partial charge in [0.15, 0.2) is 0 Å². The molecule has 0 N–H and O–H groups in total. The Bertz CT molecular complexity index is 223. The molecule has 0 bridgehead atoms. The minimum Gasteiger partial charge on any atom is -0.465 e. The summed E-state index contributed by atoms with van der Waals surface area (Å²) in [5.74, 6) is 0.350. The van der Waals surface area contributed by atoms with Gasteiger partial charge in [-0.15, -0.1) is 0 Å². The van der Waals surface area contributed by atoms with E-state index < -0.39 is 0 Å². The first-order chi connectivity index (χ1) is 7.11. The normalized spacial score (nSPS) is 9.40. The molecule has 0 aliphatic carbocycles. The molecular weight excluding hydrogens is 258 g/mol. The van der Waals surface area contributed by atoms with E-state index in [0.717, 1.165) is 12.8 Å². The smallest absolute Gasteiger partial charge is 0.280 e. The van der Waals surface area contributed by atoms with E-state index >= 15 is 0 Å². The highest BCUT2D eigenvalue weighted by atomic mass is 35.5. The zero-order chi connectivity index (χ0) is 11.7. The molecule has 0 aromatic carbocycles. The molecule has 15 heavy (non-hydrogen) atoms. The fourth-order valence-corrected chi connectivity index (χ4v) is 0.887. The third-order valence-corrected chi connectivity index (χ3v) is 2.22. The average molecular weight is 274 g/mol. The van der Waals surface area contributed by atoms with Crippen LogP contribution in [-0.2, 0) is 9.47 Å². The van der Waals surface area contributed by atoms with Gasteiger partial charge in [0.05, 0.1) is 18.2 Å². The van der Waals surface area contributed by atoms with Crippen LogP contribution in [-0.4, -0.2) is 13.2 Å². The van der Waals surface area contributed by atoms with Crippen LogP contribution in [0.3, 0.4) is 0 Å². The molecule has 0 saturated heterocycles. The second kappa shape index (κ2) is 9.20. The molecule has 0 aromatic rings. The first-order valence-corrected chi connectivity index (χ1v) is 5.93. The average Bonchev–Trinajstić information content (AvgIpc) is 2.21. The van der Waals surface area contributed by atoms with Crippen molar-refractivity contribution in [2.24, 2.45) is 0 Å². The number of allylic oxidation sites excluding steroid dienone is 2. The summed E-state index contributed by atoms with van der Waals surface area (Å²) in [7, 11) is 0. The highest BCUT2D eigenvalue weighted by Gasteiger charge is 2.02. The van der Waals surface area contributed by atoms with E-state index in [2.05, 4.69) is 0 Å². The molecule has 0 heterocycles. The zero-order valence-electron chi connectivity index (χ0n) is 8.86. The molecule has 0 aliphatic heterocycles. The first kappa shape index (κ1) is 14.9. The Morgan fingerprint density at radius 2 is 1.47 bits per heavy atom. The maximum Gasteiger partial charge on any atom is 0.280 e. The lowest BCUT2D eigenvalue weighted by molar-refractivity contribution is 0.0358. The lowest BCUT2D eigenvalue weighted by atomic mass is 10.5. The summed E-state index contributed by atoms with van der Waals surface area (Å²) in [4.78, 5) is 0. The van der Waals surface area contributed by atoms with E-state index in [4.69, 9.17) is 44.3 Å². The summed E-state index contributed by atoms with van der Waals surface area (Å²) < 4.78 is 10.6. The highest BCUT2D eigenvalue weighted by molar-refractivity contribution is 6.59. The molecule has 5 heteroatoms. The van der Waals surface area contributed by atoms with E-state index in [1.165, 1.54) is 6.08 Å². The Kier molecular flexibility index (Phi) is 9.17. The largest absolute Gasteiger partial charge is 0.465 e. The van der Waals surface area contributed by atoms with Gasteiger partial charge in [-0.1, -0.05) is 48.7 Å². The number of hydrogen-bond acceptors (Lipinski definition) is 2. The monoisotopic (exact) mass is 272 g/mol. The fraction of sp³-hybridized carbons (Fsp3) is 0.600. The highest BCUT2D eigenvalue weighted by Crippen LogP contribution is 2.20. The van der Waals surface area contributed by atoms with Gasteiger partial charge < -0.3 is 9.47 Å². The molecule has 0 amide bonds. The number of ether oxygens (including phenoxy) is 2. The Morgan fingerprint density at radius 1 is 1.00 bits per heavy atom. The lowest BCUT2D eigenvalue weighted by Gasteiger charge is -2.10. The third kappa shape index (κ3) is 7.83. The molecule has 0 rings (SSSR count). The van der Waals surface area contributed by atoms with Crippen molar-refractivity contribution in [3.05, 3.63) is 21.5 Å². The second-order valence-corrected chi connectivity index (χ2v) is 4.13. The van der Waals surface area contributed by atoms with Crippen molar-refractivity contribution in [3.8, 4) is 0 Å². The zero-order valence-corrected chi connectivity index (χ0v) is 11.1. The van der Waals surface area contributed by atoms with Gasteiger partial charge in [0.25, 0.3) is 5.95 Å². The van der Waals surface area contributed by atoms with Gasteiger partial charge in [-0.05, 0) is 12.8 Å². The summed E-state index contributed by atoms with van der Waals surface area (Å²) in [6.07, 6.45) is 3.26. The van der Waals surface area contributed by atoms with Crippen molar-refractivity contribution in [1.29, 1.82) is 0 Å². The van der Waals surface area contributed by atoms with Gasteiger partial charge >= 0.3 is 0 Å². The summed E-state index contributed by atoms with van der Waals surface area (Å²) in [5.41, 5.74) is 0. The van der Waals surface area contributed by atoms with Gasteiger partial charge in [-0.2, -0.15) is 0 Å². The van der Waals surface area contributed by atoms with Crippen LogP contribution in [0, 0.1) is 0 Å². The molecule has 0 spiro atoms. The van der Waals surface area contributed by atoms with Crippen molar-refractivity contribution >= 4 is 34.8 Å². The van der Waals surface area contributed by atoms with Crippen LogP contribution in [0.25, 0.3) is 0 Å². The van der Waals surface area contributed by atoms with Crippen molar-refractivity contribution in [3.63, 3.8) is 0 Å². The van der Waals surface area contributed by atoms with Crippen molar-refractivity contribution in [2.45, 2.75) is 26.7 Å². The Balaban J connectivity index is 4.39. The van der Waals surface area contributed by atoms with Crippen LogP contribution in [0.15, 0.2) is 21.5 Å². The van der Waals surface area contributed by atoms with Crippen LogP contribution in [0.5, 0.6) is 0 Å². The van der Waals surface area contributed by atoms with Gasteiger partial charge in [0, 0.05) is 6.08 Å². The maximum atomic E-state index is 5.75. The molecule has 0 unspecified atom stereocenters. The maximum absolute atomic E-state index is 5.75. The summed E-state index contributed by atoms with van der Waals surface area (Å²) in [6, 6.07) is 0. The van der Waals surface area contributed by atoms with Gasteiger partial charge in [0.2, 0.25) is 0 Å². The van der Waals surface area contributed by atoms with Crippen LogP contribution in [0.1, 0.15) is 26.7 Å².